The van der Waals surface area contributed by atoms with Gasteiger partial charge in [0, 0.05) is 38.7 Å². The maximum atomic E-state index is 12.9. The molecule has 1 fully saturated rings. The van der Waals surface area contributed by atoms with E-state index in [1.165, 1.54) is 35.1 Å². The average Bonchev–Trinajstić information content (AvgIpc) is 2.74. The first-order valence-corrected chi connectivity index (χ1v) is 11.6. The third kappa shape index (κ3) is 4.95. The Morgan fingerprint density at radius 1 is 1.10 bits per heavy atom. The van der Waals surface area contributed by atoms with Gasteiger partial charge in [0.05, 0.1) is 21.8 Å². The van der Waals surface area contributed by atoms with Crippen molar-refractivity contribution in [1.82, 2.24) is 14.2 Å². The molecule has 2 aromatic rings. The highest BCUT2D eigenvalue weighted by Crippen LogP contribution is 2.20. The van der Waals surface area contributed by atoms with Crippen molar-refractivity contribution in [2.45, 2.75) is 16.8 Å². The number of benzene rings is 1. The Balaban J connectivity index is 1.74. The molecule has 1 aromatic heterocycles. The monoisotopic (exact) mass is 434 g/mol. The van der Waals surface area contributed by atoms with Crippen LogP contribution in [-0.2, 0) is 14.8 Å². The molecule has 0 radical (unpaired) electrons. The molecular weight excluding hydrogens is 412 g/mol. The molecular formula is C19H22N4O4S2. The van der Waals surface area contributed by atoms with Crippen molar-refractivity contribution >= 4 is 39.3 Å². The van der Waals surface area contributed by atoms with E-state index in [9.17, 15) is 18.0 Å². The van der Waals surface area contributed by atoms with E-state index in [1.54, 1.807) is 35.4 Å². The first kappa shape index (κ1) is 21.3. The Labute approximate surface area is 174 Å². The Morgan fingerprint density at radius 3 is 2.41 bits per heavy atom. The number of anilines is 1. The molecule has 1 aliphatic rings. The van der Waals surface area contributed by atoms with Gasteiger partial charge < -0.3 is 10.2 Å². The Hall–Kier alpha value is -2.43. The molecule has 0 aliphatic carbocycles. The van der Waals surface area contributed by atoms with Gasteiger partial charge in [-0.15, -0.1) is 11.8 Å². The average molecular weight is 435 g/mol. The predicted octanol–water partition coefficient (Wildman–Crippen LogP) is 1.91. The second-order valence-electron chi connectivity index (χ2n) is 6.48. The van der Waals surface area contributed by atoms with Crippen LogP contribution in [0, 0.1) is 0 Å². The van der Waals surface area contributed by atoms with Gasteiger partial charge >= 0.3 is 0 Å². The fraction of sp³-hybridized carbons (Fsp3) is 0.316. The minimum atomic E-state index is -3.75. The number of carbonyl (C=O) groups excluding carboxylic acids is 2. The van der Waals surface area contributed by atoms with Gasteiger partial charge in [-0.05, 0) is 36.6 Å². The van der Waals surface area contributed by atoms with Gasteiger partial charge in [0.1, 0.15) is 0 Å². The number of pyridine rings is 1. The van der Waals surface area contributed by atoms with E-state index in [2.05, 4.69) is 10.3 Å². The van der Waals surface area contributed by atoms with Gasteiger partial charge in [-0.1, -0.05) is 6.07 Å². The van der Waals surface area contributed by atoms with E-state index in [0.29, 0.717) is 18.8 Å². The minimum Gasteiger partial charge on any atom is -0.340 e. The summed E-state index contributed by atoms with van der Waals surface area (Å²) >= 11 is 1.50. The van der Waals surface area contributed by atoms with Crippen molar-refractivity contribution in [2.24, 2.45) is 0 Å². The lowest BCUT2D eigenvalue weighted by molar-refractivity contribution is -0.129. The number of aromatic nitrogens is 1. The number of hydrogen-bond donors (Lipinski definition) is 1. The molecule has 0 bridgehead atoms. The Kier molecular flexibility index (Phi) is 6.56. The number of rotatable bonds is 5. The van der Waals surface area contributed by atoms with Gasteiger partial charge in [-0.3, -0.25) is 9.59 Å². The number of piperazine rings is 1. The molecule has 2 amide bonds. The number of amides is 2. The predicted molar refractivity (Wildman–Crippen MR) is 111 cm³/mol. The zero-order chi connectivity index (χ0) is 21.0. The fourth-order valence-corrected chi connectivity index (χ4v) is 4.80. The summed E-state index contributed by atoms with van der Waals surface area (Å²) in [6, 6.07) is 9.48. The Morgan fingerprint density at radius 2 is 1.83 bits per heavy atom. The van der Waals surface area contributed by atoms with Crippen molar-refractivity contribution in [3.63, 3.8) is 0 Å². The Bertz CT molecular complexity index is 1000. The second kappa shape index (κ2) is 8.93. The number of carbonyl (C=O) groups is 2. The number of nitrogens with zero attached hydrogens (tertiary/aromatic N) is 3. The molecule has 0 saturated carbocycles. The van der Waals surface area contributed by atoms with E-state index in [4.69, 9.17) is 0 Å². The lowest BCUT2D eigenvalue weighted by atomic mass is 10.2. The lowest BCUT2D eigenvalue weighted by Gasteiger charge is -2.33. The van der Waals surface area contributed by atoms with Gasteiger partial charge in [0.25, 0.3) is 5.91 Å². The number of sulfonamides is 1. The molecule has 10 heteroatoms. The number of thioether (sulfide) groups is 1. The van der Waals surface area contributed by atoms with Crippen molar-refractivity contribution in [2.75, 3.05) is 37.8 Å². The van der Waals surface area contributed by atoms with Gasteiger partial charge in [-0.2, -0.15) is 4.31 Å². The summed E-state index contributed by atoms with van der Waals surface area (Å²) in [6.45, 7) is 2.63. The van der Waals surface area contributed by atoms with E-state index in [0.717, 1.165) is 5.03 Å². The fourth-order valence-electron chi connectivity index (χ4n) is 2.97. The molecule has 29 heavy (non-hydrogen) atoms. The first-order valence-electron chi connectivity index (χ1n) is 8.98. The molecule has 0 atom stereocenters. The minimum absolute atomic E-state index is 0.0530. The van der Waals surface area contributed by atoms with Gasteiger partial charge in [0.15, 0.2) is 0 Å². The summed E-state index contributed by atoms with van der Waals surface area (Å²) in [4.78, 5) is 29.9. The molecule has 3 rings (SSSR count). The maximum absolute atomic E-state index is 12.9. The third-order valence-corrected chi connectivity index (χ3v) is 7.18. The first-order chi connectivity index (χ1) is 13.8. The van der Waals surface area contributed by atoms with E-state index >= 15 is 0 Å². The summed E-state index contributed by atoms with van der Waals surface area (Å²) in [5.41, 5.74) is 0.767. The number of hydrogen-bond acceptors (Lipinski definition) is 6. The summed E-state index contributed by atoms with van der Waals surface area (Å²) in [5, 5.41) is 3.56. The normalized spacial score (nSPS) is 15.2. The molecule has 1 saturated heterocycles. The standard InChI is InChI=1S/C19H22N4O4S2/c1-14(24)22-8-10-23(11-9-22)29(26,27)17-5-3-4-15(12-17)19(25)21-16-6-7-18(28-2)20-13-16/h3-7,12-13H,8-11H2,1-2H3,(H,21,25). The molecule has 1 aliphatic heterocycles. The summed E-state index contributed by atoms with van der Waals surface area (Å²) in [7, 11) is -3.75. The quantitative estimate of drug-likeness (QED) is 0.722. The van der Waals surface area contributed by atoms with Crippen LogP contribution in [0.25, 0.3) is 0 Å². The van der Waals surface area contributed by atoms with Crippen LogP contribution in [0.15, 0.2) is 52.5 Å². The van der Waals surface area contributed by atoms with Crippen LogP contribution in [0.3, 0.4) is 0 Å². The second-order valence-corrected chi connectivity index (χ2v) is 9.25. The molecule has 0 unspecified atom stereocenters. The molecule has 1 N–H and O–H groups in total. The van der Waals surface area contributed by atoms with Crippen LogP contribution in [0.5, 0.6) is 0 Å². The van der Waals surface area contributed by atoms with E-state index in [1.807, 2.05) is 6.26 Å². The van der Waals surface area contributed by atoms with Crippen LogP contribution in [0.2, 0.25) is 0 Å². The van der Waals surface area contributed by atoms with Crippen LogP contribution < -0.4 is 5.32 Å². The highest BCUT2D eigenvalue weighted by Gasteiger charge is 2.29. The van der Waals surface area contributed by atoms with Crippen molar-refractivity contribution in [1.29, 1.82) is 0 Å². The van der Waals surface area contributed by atoms with Crippen molar-refractivity contribution < 1.29 is 18.0 Å². The third-order valence-electron chi connectivity index (χ3n) is 4.62. The lowest BCUT2D eigenvalue weighted by Crippen LogP contribution is -2.49. The SMILES string of the molecule is CSc1ccc(NC(=O)c2cccc(S(=O)(=O)N3CCN(C(C)=O)CC3)c2)cn1. The smallest absolute Gasteiger partial charge is 0.255 e. The van der Waals surface area contributed by atoms with Crippen LogP contribution >= 0.6 is 11.8 Å². The molecule has 0 spiro atoms. The topological polar surface area (TPSA) is 99.7 Å². The zero-order valence-electron chi connectivity index (χ0n) is 16.2. The number of nitrogens with one attached hydrogen (secondary N) is 1. The molecule has 8 nitrogen and oxygen atoms in total. The molecule has 154 valence electrons. The van der Waals surface area contributed by atoms with Crippen LogP contribution in [0.4, 0.5) is 5.69 Å². The van der Waals surface area contributed by atoms with Crippen LogP contribution in [-0.4, -0.2) is 66.9 Å². The molecule has 1 aromatic carbocycles. The summed E-state index contributed by atoms with van der Waals surface area (Å²) < 4.78 is 27.2. The van der Waals surface area contributed by atoms with Crippen LogP contribution in [0.1, 0.15) is 17.3 Å². The van der Waals surface area contributed by atoms with Gasteiger partial charge in [-0.25, -0.2) is 13.4 Å². The highest BCUT2D eigenvalue weighted by atomic mass is 32.2. The van der Waals surface area contributed by atoms with E-state index < -0.39 is 15.9 Å². The van der Waals surface area contributed by atoms with Crippen molar-refractivity contribution in [3.05, 3.63) is 48.2 Å². The van der Waals surface area contributed by atoms with Crippen molar-refractivity contribution in [3.8, 4) is 0 Å². The zero-order valence-corrected chi connectivity index (χ0v) is 17.8. The largest absolute Gasteiger partial charge is 0.340 e. The maximum Gasteiger partial charge on any atom is 0.255 e. The highest BCUT2D eigenvalue weighted by molar-refractivity contribution is 7.98. The summed E-state index contributed by atoms with van der Waals surface area (Å²) in [6.07, 6.45) is 3.46. The summed E-state index contributed by atoms with van der Waals surface area (Å²) in [5.74, 6) is -0.483. The van der Waals surface area contributed by atoms with E-state index in [-0.39, 0.29) is 29.5 Å². The molecule has 2 heterocycles. The van der Waals surface area contributed by atoms with Gasteiger partial charge in [0.2, 0.25) is 15.9 Å².